The lowest BCUT2D eigenvalue weighted by atomic mass is 10.2. The lowest BCUT2D eigenvalue weighted by molar-refractivity contribution is -0.127. The molecule has 1 aliphatic rings. The number of hydrazine groups is 1. The minimum absolute atomic E-state index is 0.0297. The zero-order chi connectivity index (χ0) is 11.6. The lowest BCUT2D eigenvalue weighted by Gasteiger charge is -2.22. The van der Waals surface area contributed by atoms with Crippen molar-refractivity contribution in [2.45, 2.75) is 26.4 Å². The SMILES string of the molecule is CC(C)(C)OC(=O)NN1CC(O)=CC1=O. The van der Waals surface area contributed by atoms with E-state index in [0.717, 1.165) is 11.1 Å². The maximum Gasteiger partial charge on any atom is 0.426 e. The van der Waals surface area contributed by atoms with Crippen LogP contribution >= 0.6 is 0 Å². The molecule has 0 bridgehead atoms. The Labute approximate surface area is 87.5 Å². The van der Waals surface area contributed by atoms with E-state index in [1.807, 2.05) is 0 Å². The van der Waals surface area contributed by atoms with Gasteiger partial charge in [-0.25, -0.2) is 15.2 Å². The van der Waals surface area contributed by atoms with E-state index in [2.05, 4.69) is 5.43 Å². The number of aliphatic hydroxyl groups excluding tert-OH is 1. The van der Waals surface area contributed by atoms with E-state index in [0.29, 0.717) is 0 Å². The number of carbonyl (C=O) groups excluding carboxylic acids is 2. The summed E-state index contributed by atoms with van der Waals surface area (Å²) in [4.78, 5) is 22.3. The first-order valence-electron chi connectivity index (χ1n) is 4.48. The minimum atomic E-state index is -0.723. The number of hydrogen-bond acceptors (Lipinski definition) is 4. The molecule has 2 N–H and O–H groups in total. The number of nitrogens with zero attached hydrogens (tertiary/aromatic N) is 1. The van der Waals surface area contributed by atoms with Crippen LogP contribution < -0.4 is 5.43 Å². The first-order valence-corrected chi connectivity index (χ1v) is 4.48. The van der Waals surface area contributed by atoms with Gasteiger partial charge in [-0.2, -0.15) is 0 Å². The molecule has 6 heteroatoms. The zero-order valence-corrected chi connectivity index (χ0v) is 8.90. The Hall–Kier alpha value is -1.72. The Bertz CT molecular complexity index is 317. The molecule has 0 spiro atoms. The third-order valence-corrected chi connectivity index (χ3v) is 1.50. The van der Waals surface area contributed by atoms with Gasteiger partial charge in [-0.3, -0.25) is 4.79 Å². The molecule has 15 heavy (non-hydrogen) atoms. The maximum absolute atomic E-state index is 11.2. The topological polar surface area (TPSA) is 78.9 Å². The first kappa shape index (κ1) is 11.4. The summed E-state index contributed by atoms with van der Waals surface area (Å²) >= 11 is 0. The number of rotatable bonds is 1. The van der Waals surface area contributed by atoms with E-state index >= 15 is 0 Å². The van der Waals surface area contributed by atoms with E-state index in [9.17, 15) is 9.59 Å². The molecule has 0 aliphatic carbocycles. The van der Waals surface area contributed by atoms with Crippen molar-refractivity contribution in [2.75, 3.05) is 6.54 Å². The predicted octanol–water partition coefficient (Wildman–Crippen LogP) is 0.710. The monoisotopic (exact) mass is 214 g/mol. The van der Waals surface area contributed by atoms with Crippen molar-refractivity contribution in [1.82, 2.24) is 10.4 Å². The summed E-state index contributed by atoms with van der Waals surface area (Å²) in [6.07, 6.45) is 0.316. The van der Waals surface area contributed by atoms with Gasteiger partial charge in [0.15, 0.2) is 0 Å². The molecule has 0 saturated carbocycles. The van der Waals surface area contributed by atoms with E-state index in [1.54, 1.807) is 20.8 Å². The average Bonchev–Trinajstić information content (AvgIpc) is 2.25. The summed E-state index contributed by atoms with van der Waals surface area (Å²) in [5.41, 5.74) is 1.60. The number of amides is 2. The highest BCUT2D eigenvalue weighted by Crippen LogP contribution is 2.08. The fourth-order valence-electron chi connectivity index (χ4n) is 1.01. The number of aliphatic hydroxyl groups is 1. The molecule has 0 radical (unpaired) electrons. The van der Waals surface area contributed by atoms with Gasteiger partial charge in [0, 0.05) is 6.08 Å². The second kappa shape index (κ2) is 3.80. The molecule has 84 valence electrons. The second-order valence-electron chi connectivity index (χ2n) is 4.17. The highest BCUT2D eigenvalue weighted by molar-refractivity contribution is 5.91. The Kier molecular flexibility index (Phi) is 2.88. The van der Waals surface area contributed by atoms with Crippen molar-refractivity contribution < 1.29 is 19.4 Å². The van der Waals surface area contributed by atoms with Gasteiger partial charge in [0.2, 0.25) is 0 Å². The van der Waals surface area contributed by atoms with Crippen LogP contribution in [0.25, 0.3) is 0 Å². The third kappa shape index (κ3) is 3.49. The zero-order valence-electron chi connectivity index (χ0n) is 8.90. The number of carbonyl (C=O) groups is 2. The highest BCUT2D eigenvalue weighted by atomic mass is 16.6. The molecule has 0 atom stereocenters. The Morgan fingerprint density at radius 2 is 2.20 bits per heavy atom. The van der Waals surface area contributed by atoms with E-state index in [-0.39, 0.29) is 12.3 Å². The summed E-state index contributed by atoms with van der Waals surface area (Å²) in [5, 5.41) is 10.00. The largest absolute Gasteiger partial charge is 0.510 e. The van der Waals surface area contributed by atoms with E-state index in [4.69, 9.17) is 9.84 Å². The quantitative estimate of drug-likeness (QED) is 0.673. The van der Waals surface area contributed by atoms with Crippen molar-refractivity contribution >= 4 is 12.0 Å². The molecule has 0 fully saturated rings. The smallest absolute Gasteiger partial charge is 0.426 e. The molecule has 1 rings (SSSR count). The van der Waals surface area contributed by atoms with Crippen LogP contribution in [0.3, 0.4) is 0 Å². The normalized spacial score (nSPS) is 16.3. The molecule has 2 amide bonds. The van der Waals surface area contributed by atoms with Gasteiger partial charge < -0.3 is 9.84 Å². The molecule has 0 aromatic rings. The summed E-state index contributed by atoms with van der Waals surface area (Å²) < 4.78 is 4.93. The summed E-state index contributed by atoms with van der Waals surface area (Å²) in [7, 11) is 0. The summed E-state index contributed by atoms with van der Waals surface area (Å²) in [6, 6.07) is 0. The standard InChI is InChI=1S/C9H14N2O4/c1-9(2,3)15-8(14)10-11-5-6(12)4-7(11)13/h4,12H,5H2,1-3H3,(H,10,14). The molecule has 6 nitrogen and oxygen atoms in total. The minimum Gasteiger partial charge on any atom is -0.510 e. The van der Waals surface area contributed by atoms with Gasteiger partial charge in [-0.05, 0) is 20.8 Å². The second-order valence-corrected chi connectivity index (χ2v) is 4.17. The van der Waals surface area contributed by atoms with Gasteiger partial charge in [-0.1, -0.05) is 0 Å². The Morgan fingerprint density at radius 3 is 2.60 bits per heavy atom. The molecule has 0 saturated heterocycles. The van der Waals surface area contributed by atoms with E-state index < -0.39 is 17.6 Å². The van der Waals surface area contributed by atoms with Crippen LogP contribution in [0.5, 0.6) is 0 Å². The highest BCUT2D eigenvalue weighted by Gasteiger charge is 2.25. The van der Waals surface area contributed by atoms with Crippen LogP contribution in [0.1, 0.15) is 20.8 Å². The molecule has 0 aromatic carbocycles. The van der Waals surface area contributed by atoms with Crippen LogP contribution in [0.2, 0.25) is 0 Å². The molecular weight excluding hydrogens is 200 g/mol. The predicted molar refractivity (Wildman–Crippen MR) is 51.8 cm³/mol. The summed E-state index contributed by atoms with van der Waals surface area (Å²) in [6.45, 7) is 5.12. The Balaban J connectivity index is 2.44. The average molecular weight is 214 g/mol. The van der Waals surface area contributed by atoms with Crippen molar-refractivity contribution in [3.8, 4) is 0 Å². The first-order chi connectivity index (χ1) is 6.78. The van der Waals surface area contributed by atoms with Crippen molar-refractivity contribution in [2.24, 2.45) is 0 Å². The molecule has 0 unspecified atom stereocenters. The Morgan fingerprint density at radius 1 is 1.60 bits per heavy atom. The van der Waals surface area contributed by atoms with Crippen LogP contribution in [0.4, 0.5) is 4.79 Å². The molecular formula is C9H14N2O4. The maximum atomic E-state index is 11.2. The van der Waals surface area contributed by atoms with E-state index in [1.165, 1.54) is 0 Å². The lowest BCUT2D eigenvalue weighted by Crippen LogP contribution is -2.45. The number of hydrogen-bond donors (Lipinski definition) is 2. The van der Waals surface area contributed by atoms with Crippen LogP contribution in [-0.4, -0.2) is 34.3 Å². The molecule has 1 aliphatic heterocycles. The van der Waals surface area contributed by atoms with Crippen molar-refractivity contribution in [1.29, 1.82) is 0 Å². The van der Waals surface area contributed by atoms with Crippen LogP contribution in [0, 0.1) is 0 Å². The van der Waals surface area contributed by atoms with Crippen molar-refractivity contribution in [3.63, 3.8) is 0 Å². The fourth-order valence-corrected chi connectivity index (χ4v) is 1.01. The fraction of sp³-hybridized carbons (Fsp3) is 0.556. The number of nitrogens with one attached hydrogen (secondary N) is 1. The summed E-state index contributed by atoms with van der Waals surface area (Å²) in [5.74, 6) is -0.561. The van der Waals surface area contributed by atoms with Gasteiger partial charge in [0.1, 0.15) is 17.9 Å². The van der Waals surface area contributed by atoms with Gasteiger partial charge >= 0.3 is 6.09 Å². The van der Waals surface area contributed by atoms with Gasteiger partial charge in [-0.15, -0.1) is 0 Å². The van der Waals surface area contributed by atoms with Crippen LogP contribution in [0.15, 0.2) is 11.8 Å². The number of ether oxygens (including phenoxy) is 1. The van der Waals surface area contributed by atoms with Crippen molar-refractivity contribution in [3.05, 3.63) is 11.8 Å². The van der Waals surface area contributed by atoms with Crippen LogP contribution in [-0.2, 0) is 9.53 Å². The van der Waals surface area contributed by atoms with Gasteiger partial charge in [0.05, 0.1) is 0 Å². The third-order valence-electron chi connectivity index (χ3n) is 1.50. The molecule has 0 aromatic heterocycles. The van der Waals surface area contributed by atoms with Gasteiger partial charge in [0.25, 0.3) is 5.91 Å². The molecule has 1 heterocycles.